The highest BCUT2D eigenvalue weighted by Gasteiger charge is 2.23. The molecule has 0 saturated heterocycles. The van der Waals surface area contributed by atoms with Gasteiger partial charge in [-0.2, -0.15) is 0 Å². The lowest BCUT2D eigenvalue weighted by Gasteiger charge is -2.08. The molecule has 0 unspecified atom stereocenters. The van der Waals surface area contributed by atoms with Gasteiger partial charge < -0.3 is 15.0 Å². The summed E-state index contributed by atoms with van der Waals surface area (Å²) in [5, 5.41) is 2.65. The van der Waals surface area contributed by atoms with Crippen LogP contribution in [0.2, 0.25) is 5.02 Å². The summed E-state index contributed by atoms with van der Waals surface area (Å²) >= 11 is 6.87. The largest absolute Gasteiger partial charge is 0.495 e. The Hall–Kier alpha value is -2.89. The molecule has 0 aliphatic carbocycles. The van der Waals surface area contributed by atoms with E-state index in [1.54, 1.807) is 13.0 Å². The van der Waals surface area contributed by atoms with Crippen molar-refractivity contribution in [2.24, 2.45) is 0 Å². The Kier molecular flexibility index (Phi) is 7.22. The Labute approximate surface area is 192 Å². The number of halogens is 2. The van der Waals surface area contributed by atoms with E-state index in [4.69, 9.17) is 16.3 Å². The third-order valence-electron chi connectivity index (χ3n) is 4.26. The van der Waals surface area contributed by atoms with Crippen LogP contribution in [-0.4, -0.2) is 37.2 Å². The second-order valence-electron chi connectivity index (χ2n) is 6.48. The number of amides is 1. The minimum absolute atomic E-state index is 0.0481. The topological polar surface area (TPSA) is 118 Å². The predicted octanol–water partition coefficient (Wildman–Crippen LogP) is 3.44. The number of sulfone groups is 1. The molecule has 0 bridgehead atoms. The van der Waals surface area contributed by atoms with E-state index in [9.17, 15) is 22.4 Å². The van der Waals surface area contributed by atoms with Crippen molar-refractivity contribution in [1.29, 1.82) is 0 Å². The summed E-state index contributed by atoms with van der Waals surface area (Å²) in [5.41, 5.74) is -0.152. The summed E-state index contributed by atoms with van der Waals surface area (Å²) in [7, 11) is -2.80. The molecule has 0 aliphatic rings. The minimum atomic E-state index is -4.18. The third-order valence-corrected chi connectivity index (χ3v) is 7.19. The van der Waals surface area contributed by atoms with E-state index in [-0.39, 0.29) is 26.6 Å². The van der Waals surface area contributed by atoms with E-state index in [1.165, 1.54) is 37.4 Å². The summed E-state index contributed by atoms with van der Waals surface area (Å²) in [6, 6.07) is 8.11. The number of anilines is 1. The number of thioether (sulfide) groups is 1. The molecule has 0 fully saturated rings. The maximum absolute atomic E-state index is 13.6. The number of rotatable bonds is 7. The molecule has 12 heteroatoms. The van der Waals surface area contributed by atoms with Gasteiger partial charge >= 0.3 is 0 Å². The van der Waals surface area contributed by atoms with Crippen molar-refractivity contribution >= 4 is 44.8 Å². The average molecular weight is 498 g/mol. The van der Waals surface area contributed by atoms with E-state index in [2.05, 4.69) is 15.3 Å². The fraction of sp³-hybridized carbons (Fsp3) is 0.150. The van der Waals surface area contributed by atoms with Crippen LogP contribution >= 0.6 is 23.4 Å². The van der Waals surface area contributed by atoms with Crippen molar-refractivity contribution in [3.8, 4) is 5.75 Å². The highest BCUT2D eigenvalue weighted by Crippen LogP contribution is 2.29. The van der Waals surface area contributed by atoms with Crippen LogP contribution in [0.15, 0.2) is 62.3 Å². The smallest absolute Gasteiger partial charge is 0.270 e. The van der Waals surface area contributed by atoms with E-state index in [0.29, 0.717) is 11.3 Å². The van der Waals surface area contributed by atoms with Crippen LogP contribution in [0.3, 0.4) is 0 Å². The van der Waals surface area contributed by atoms with Gasteiger partial charge in [0.1, 0.15) is 11.6 Å². The lowest BCUT2D eigenvalue weighted by atomic mass is 10.2. The normalized spacial score (nSPS) is 11.2. The molecule has 2 aromatic carbocycles. The maximum atomic E-state index is 13.6. The van der Waals surface area contributed by atoms with E-state index >= 15 is 0 Å². The second-order valence-corrected chi connectivity index (χ2v) is 9.77. The first-order valence-corrected chi connectivity index (χ1v) is 11.8. The van der Waals surface area contributed by atoms with Crippen molar-refractivity contribution in [1.82, 2.24) is 9.97 Å². The highest BCUT2D eigenvalue weighted by atomic mass is 35.5. The summed E-state index contributed by atoms with van der Waals surface area (Å²) < 4.78 is 44.1. The second kappa shape index (κ2) is 9.72. The predicted molar refractivity (Wildman–Crippen MR) is 119 cm³/mol. The Bertz CT molecular complexity index is 1350. The van der Waals surface area contributed by atoms with Gasteiger partial charge in [-0.05, 0) is 42.8 Å². The molecule has 0 radical (unpaired) electrons. The summed E-state index contributed by atoms with van der Waals surface area (Å²) in [4.78, 5) is 30.0. The van der Waals surface area contributed by atoms with Gasteiger partial charge in [0.05, 0.1) is 29.0 Å². The Morgan fingerprint density at radius 2 is 2.03 bits per heavy atom. The minimum Gasteiger partial charge on any atom is -0.495 e. The molecule has 3 aromatic rings. The van der Waals surface area contributed by atoms with Crippen LogP contribution in [0, 0.1) is 12.7 Å². The number of hydrogen-bond acceptors (Lipinski definition) is 7. The molecule has 1 amide bonds. The average Bonchev–Trinajstić information content (AvgIpc) is 2.74. The molecule has 168 valence electrons. The molecule has 8 nitrogen and oxygen atoms in total. The standard InChI is InChI=1S/C20H17ClFN3O5S2/c1-11-3-4-12(7-15(11)22)24-18(26)10-31-20-23-9-17(19(27)25-20)32(28,29)13-5-6-16(30-2)14(21)8-13/h3-9H,10H2,1-2H3,(H,24,26)(H,23,25,27). The van der Waals surface area contributed by atoms with Crippen molar-refractivity contribution in [2.75, 3.05) is 18.2 Å². The number of carbonyl (C=O) groups is 1. The Balaban J connectivity index is 1.72. The van der Waals surface area contributed by atoms with Crippen LogP contribution in [0.1, 0.15) is 5.56 Å². The Morgan fingerprint density at radius 1 is 1.28 bits per heavy atom. The van der Waals surface area contributed by atoms with Gasteiger partial charge in [-0.3, -0.25) is 9.59 Å². The molecular weight excluding hydrogens is 481 g/mol. The summed E-state index contributed by atoms with van der Waals surface area (Å²) in [6.07, 6.45) is 0.919. The van der Waals surface area contributed by atoms with Crippen LogP contribution in [-0.2, 0) is 14.6 Å². The number of benzene rings is 2. The maximum Gasteiger partial charge on any atom is 0.270 e. The zero-order chi connectivity index (χ0) is 23.5. The van der Waals surface area contributed by atoms with Crippen LogP contribution in [0.5, 0.6) is 5.75 Å². The monoisotopic (exact) mass is 497 g/mol. The van der Waals surface area contributed by atoms with Crippen molar-refractivity contribution in [3.63, 3.8) is 0 Å². The van der Waals surface area contributed by atoms with E-state index in [1.807, 2.05) is 0 Å². The summed E-state index contributed by atoms with van der Waals surface area (Å²) in [6.45, 7) is 1.60. The number of nitrogens with one attached hydrogen (secondary N) is 2. The number of aryl methyl sites for hydroxylation is 1. The van der Waals surface area contributed by atoms with Crippen LogP contribution < -0.4 is 15.6 Å². The van der Waals surface area contributed by atoms with Gasteiger partial charge in [0.2, 0.25) is 15.7 Å². The number of aromatic amines is 1. The highest BCUT2D eigenvalue weighted by molar-refractivity contribution is 7.99. The lowest BCUT2D eigenvalue weighted by molar-refractivity contribution is -0.113. The molecule has 1 heterocycles. The molecular formula is C20H17ClFN3O5S2. The van der Waals surface area contributed by atoms with Gasteiger partial charge in [0, 0.05) is 5.69 Å². The van der Waals surface area contributed by atoms with Gasteiger partial charge in [0.15, 0.2) is 10.1 Å². The summed E-state index contributed by atoms with van der Waals surface area (Å²) in [5.74, 6) is -0.753. The molecule has 0 atom stereocenters. The molecule has 0 aliphatic heterocycles. The van der Waals surface area contributed by atoms with Gasteiger partial charge in [-0.15, -0.1) is 0 Å². The number of ether oxygens (including phenoxy) is 1. The Morgan fingerprint density at radius 3 is 2.66 bits per heavy atom. The number of aromatic nitrogens is 2. The van der Waals surface area contributed by atoms with Crippen LogP contribution in [0.25, 0.3) is 0 Å². The third kappa shape index (κ3) is 5.29. The van der Waals surface area contributed by atoms with Crippen molar-refractivity contribution < 1.29 is 22.3 Å². The van der Waals surface area contributed by atoms with Crippen LogP contribution in [0.4, 0.5) is 10.1 Å². The zero-order valence-corrected chi connectivity index (χ0v) is 19.2. The molecule has 1 aromatic heterocycles. The van der Waals surface area contributed by atoms with Crippen molar-refractivity contribution in [2.45, 2.75) is 21.9 Å². The molecule has 3 rings (SSSR count). The SMILES string of the molecule is COc1ccc(S(=O)(=O)c2cnc(SCC(=O)Nc3ccc(C)c(F)c3)[nH]c2=O)cc1Cl. The number of nitrogens with zero attached hydrogens (tertiary/aromatic N) is 1. The number of hydrogen-bond donors (Lipinski definition) is 2. The van der Waals surface area contributed by atoms with Gasteiger partial charge in [-0.25, -0.2) is 17.8 Å². The molecule has 0 saturated carbocycles. The fourth-order valence-electron chi connectivity index (χ4n) is 2.57. The number of methoxy groups -OCH3 is 1. The lowest BCUT2D eigenvalue weighted by Crippen LogP contribution is -2.20. The zero-order valence-electron chi connectivity index (χ0n) is 16.8. The van der Waals surface area contributed by atoms with Gasteiger partial charge in [-0.1, -0.05) is 29.4 Å². The molecule has 0 spiro atoms. The first-order chi connectivity index (χ1) is 15.1. The van der Waals surface area contributed by atoms with Gasteiger partial charge in [0.25, 0.3) is 5.56 Å². The van der Waals surface area contributed by atoms with Crippen molar-refractivity contribution in [3.05, 3.63) is 69.4 Å². The molecule has 32 heavy (non-hydrogen) atoms. The van der Waals surface area contributed by atoms with E-state index < -0.39 is 32.0 Å². The van der Waals surface area contributed by atoms with E-state index in [0.717, 1.165) is 18.0 Å². The number of carbonyl (C=O) groups excluding carboxylic acids is 1. The quantitative estimate of drug-likeness (QED) is 0.379. The first kappa shape index (κ1) is 23.8. The fourth-order valence-corrected chi connectivity index (χ4v) is 4.79. The first-order valence-electron chi connectivity index (χ1n) is 8.98. The number of H-pyrrole nitrogens is 1. The molecule has 2 N–H and O–H groups in total.